The largest absolute Gasteiger partial charge is 0.355 e. The molecule has 6 N–H and O–H groups in total. The van der Waals surface area contributed by atoms with E-state index < -0.39 is 0 Å². The van der Waals surface area contributed by atoms with Crippen LogP contribution in [0.2, 0.25) is 0 Å². The Morgan fingerprint density at radius 3 is 1.31 bits per heavy atom. The lowest BCUT2D eigenvalue weighted by Gasteiger charge is -2.07. The van der Waals surface area contributed by atoms with Crippen molar-refractivity contribution in [2.75, 3.05) is 66.5 Å². The highest BCUT2D eigenvalue weighted by molar-refractivity contribution is 5.76. The molecular weight excluding hydrogens is 332 g/mol. The molecule has 2 amide bonds. The summed E-state index contributed by atoms with van der Waals surface area (Å²) in [6.45, 7) is 6.62. The Bertz CT molecular complexity index is 310. The Morgan fingerprint density at radius 1 is 0.538 bits per heavy atom. The fourth-order valence-electron chi connectivity index (χ4n) is 2.36. The average Bonchev–Trinajstić information content (AvgIpc) is 2.63. The minimum atomic E-state index is 0.115. The smallest absolute Gasteiger partial charge is 0.220 e. The van der Waals surface area contributed by atoms with Gasteiger partial charge in [0.15, 0.2) is 0 Å². The molecule has 0 heterocycles. The minimum absolute atomic E-state index is 0.115. The molecule has 0 atom stereocenters. The monoisotopic (exact) mass is 372 g/mol. The molecule has 0 saturated heterocycles. The summed E-state index contributed by atoms with van der Waals surface area (Å²) < 4.78 is 0. The third kappa shape index (κ3) is 19.1. The Labute approximate surface area is 159 Å². The predicted octanol–water partition coefficient (Wildman–Crippen LogP) is -0.823. The lowest BCUT2D eigenvalue weighted by atomic mass is 10.1. The van der Waals surface area contributed by atoms with Gasteiger partial charge in [0.2, 0.25) is 11.8 Å². The average molecular weight is 373 g/mol. The first-order chi connectivity index (χ1) is 12.7. The van der Waals surface area contributed by atoms with Crippen LogP contribution in [0.15, 0.2) is 0 Å². The maximum Gasteiger partial charge on any atom is 0.220 e. The first-order valence-corrected chi connectivity index (χ1v) is 9.94. The first kappa shape index (κ1) is 24.8. The molecule has 0 rings (SSSR count). The van der Waals surface area contributed by atoms with Crippen LogP contribution in [-0.2, 0) is 9.59 Å². The Balaban J connectivity index is 3.28. The van der Waals surface area contributed by atoms with Gasteiger partial charge in [0, 0.05) is 65.2 Å². The molecule has 0 aromatic carbocycles. The van der Waals surface area contributed by atoms with Crippen molar-refractivity contribution in [1.82, 2.24) is 31.9 Å². The molecule has 0 aliphatic heterocycles. The van der Waals surface area contributed by atoms with Crippen molar-refractivity contribution in [1.29, 1.82) is 0 Å². The standard InChI is InChI=1S/C18H40N6O2/c1-19-9-11-21-13-15-23-17(25)7-5-3-4-6-8-18(26)24-16-14-22-12-10-20-2/h19-22H,3-16H2,1-2H3,(H,23,25)(H,24,26). The third-order valence-corrected chi connectivity index (χ3v) is 3.91. The lowest BCUT2D eigenvalue weighted by Crippen LogP contribution is -2.34. The molecule has 8 heteroatoms. The van der Waals surface area contributed by atoms with Crippen LogP contribution in [0, 0.1) is 0 Å². The molecular formula is C18H40N6O2. The van der Waals surface area contributed by atoms with Crippen LogP contribution < -0.4 is 31.9 Å². The van der Waals surface area contributed by atoms with E-state index in [1.54, 1.807) is 0 Å². The van der Waals surface area contributed by atoms with E-state index >= 15 is 0 Å². The molecule has 0 fully saturated rings. The number of hydrogen-bond donors (Lipinski definition) is 6. The van der Waals surface area contributed by atoms with Crippen LogP contribution in [0.25, 0.3) is 0 Å². The zero-order chi connectivity index (χ0) is 19.3. The highest BCUT2D eigenvalue weighted by Gasteiger charge is 2.02. The van der Waals surface area contributed by atoms with E-state index in [1.165, 1.54) is 0 Å². The number of carbonyl (C=O) groups excluding carboxylic acids is 2. The molecule has 154 valence electrons. The van der Waals surface area contributed by atoms with E-state index in [-0.39, 0.29) is 11.8 Å². The van der Waals surface area contributed by atoms with Crippen LogP contribution >= 0.6 is 0 Å². The van der Waals surface area contributed by atoms with Gasteiger partial charge < -0.3 is 31.9 Å². The van der Waals surface area contributed by atoms with Gasteiger partial charge in [-0.15, -0.1) is 0 Å². The molecule has 0 radical (unpaired) electrons. The number of amides is 2. The maximum absolute atomic E-state index is 11.7. The Kier molecular flexibility index (Phi) is 19.2. The van der Waals surface area contributed by atoms with Gasteiger partial charge in [-0.1, -0.05) is 12.8 Å². The summed E-state index contributed by atoms with van der Waals surface area (Å²) in [5, 5.41) is 18.4. The van der Waals surface area contributed by atoms with Gasteiger partial charge in [-0.05, 0) is 26.9 Å². The van der Waals surface area contributed by atoms with Crippen LogP contribution in [0.3, 0.4) is 0 Å². The predicted molar refractivity (Wildman–Crippen MR) is 107 cm³/mol. The van der Waals surface area contributed by atoms with Gasteiger partial charge >= 0.3 is 0 Å². The highest BCUT2D eigenvalue weighted by Crippen LogP contribution is 2.05. The van der Waals surface area contributed by atoms with Crippen molar-refractivity contribution in [2.24, 2.45) is 0 Å². The van der Waals surface area contributed by atoms with Crippen molar-refractivity contribution in [2.45, 2.75) is 38.5 Å². The van der Waals surface area contributed by atoms with E-state index in [0.717, 1.165) is 65.0 Å². The maximum atomic E-state index is 11.7. The van der Waals surface area contributed by atoms with Crippen LogP contribution in [0.5, 0.6) is 0 Å². The van der Waals surface area contributed by atoms with Gasteiger partial charge in [-0.2, -0.15) is 0 Å². The van der Waals surface area contributed by atoms with Crippen LogP contribution in [-0.4, -0.2) is 78.3 Å². The van der Waals surface area contributed by atoms with Crippen molar-refractivity contribution < 1.29 is 9.59 Å². The Hall–Kier alpha value is -1.22. The molecule has 0 bridgehead atoms. The summed E-state index contributed by atoms with van der Waals surface area (Å²) in [7, 11) is 3.84. The van der Waals surface area contributed by atoms with Gasteiger partial charge in [0.1, 0.15) is 0 Å². The fourth-order valence-corrected chi connectivity index (χ4v) is 2.36. The van der Waals surface area contributed by atoms with Crippen molar-refractivity contribution in [3.63, 3.8) is 0 Å². The second-order valence-electron chi connectivity index (χ2n) is 6.32. The topological polar surface area (TPSA) is 106 Å². The van der Waals surface area contributed by atoms with Crippen molar-refractivity contribution >= 4 is 11.8 Å². The molecule has 8 nitrogen and oxygen atoms in total. The third-order valence-electron chi connectivity index (χ3n) is 3.91. The van der Waals surface area contributed by atoms with Gasteiger partial charge in [-0.25, -0.2) is 0 Å². The molecule has 0 aromatic rings. The molecule has 0 unspecified atom stereocenters. The molecule has 0 spiro atoms. The van der Waals surface area contributed by atoms with Gasteiger partial charge in [0.25, 0.3) is 0 Å². The number of nitrogens with one attached hydrogen (secondary N) is 6. The number of carbonyl (C=O) groups is 2. The second-order valence-corrected chi connectivity index (χ2v) is 6.32. The number of rotatable bonds is 19. The summed E-state index contributed by atoms with van der Waals surface area (Å²) in [5.74, 6) is 0.230. The normalized spacial score (nSPS) is 10.7. The number of likely N-dealkylation sites (N-methyl/N-ethyl adjacent to an activating group) is 2. The summed E-state index contributed by atoms with van der Waals surface area (Å²) in [6.07, 6.45) is 4.90. The zero-order valence-electron chi connectivity index (χ0n) is 16.7. The fraction of sp³-hybridized carbons (Fsp3) is 0.889. The van der Waals surface area contributed by atoms with Gasteiger partial charge in [-0.3, -0.25) is 9.59 Å². The number of unbranched alkanes of at least 4 members (excludes halogenated alkanes) is 3. The summed E-state index contributed by atoms with van der Waals surface area (Å²) in [6, 6.07) is 0. The molecule has 0 aliphatic rings. The van der Waals surface area contributed by atoms with E-state index in [4.69, 9.17) is 0 Å². The molecule has 0 aliphatic carbocycles. The van der Waals surface area contributed by atoms with Crippen LogP contribution in [0.4, 0.5) is 0 Å². The second kappa shape index (κ2) is 20.1. The quantitative estimate of drug-likeness (QED) is 0.165. The summed E-state index contributed by atoms with van der Waals surface area (Å²) >= 11 is 0. The highest BCUT2D eigenvalue weighted by atomic mass is 16.2. The number of hydrogen-bond acceptors (Lipinski definition) is 6. The van der Waals surface area contributed by atoms with Crippen LogP contribution in [0.1, 0.15) is 38.5 Å². The van der Waals surface area contributed by atoms with E-state index in [2.05, 4.69) is 31.9 Å². The van der Waals surface area contributed by atoms with Gasteiger partial charge in [0.05, 0.1) is 0 Å². The van der Waals surface area contributed by atoms with E-state index in [1.807, 2.05) is 14.1 Å². The minimum Gasteiger partial charge on any atom is -0.355 e. The summed E-state index contributed by atoms with van der Waals surface area (Å²) in [4.78, 5) is 23.3. The van der Waals surface area contributed by atoms with E-state index in [0.29, 0.717) is 25.9 Å². The van der Waals surface area contributed by atoms with Crippen molar-refractivity contribution in [3.05, 3.63) is 0 Å². The lowest BCUT2D eigenvalue weighted by molar-refractivity contribution is -0.122. The summed E-state index contributed by atoms with van der Waals surface area (Å²) in [5.41, 5.74) is 0. The first-order valence-electron chi connectivity index (χ1n) is 9.94. The van der Waals surface area contributed by atoms with E-state index in [9.17, 15) is 9.59 Å². The molecule has 0 aromatic heterocycles. The Morgan fingerprint density at radius 2 is 0.923 bits per heavy atom. The van der Waals surface area contributed by atoms with Crippen molar-refractivity contribution in [3.8, 4) is 0 Å². The molecule has 26 heavy (non-hydrogen) atoms. The SMILES string of the molecule is CNCCNCCNC(=O)CCCCCCC(=O)NCCNCCNC. The zero-order valence-corrected chi connectivity index (χ0v) is 16.7. The molecule has 0 saturated carbocycles.